The number of rotatable bonds is 5. The number of nitrogens with zero attached hydrogens (tertiary/aromatic N) is 4. The molecule has 0 bridgehead atoms. The SMILES string of the molecule is Cc1cc(C(=O)N(C)C)nc([C@]2(C)CCCN(Cc3cccc(-c4ccc(F)cc4)c3)C2)n1. The molecule has 2 heterocycles. The third-order valence-electron chi connectivity index (χ3n) is 6.31. The lowest BCUT2D eigenvalue weighted by atomic mass is 9.80. The number of carbonyl (C=O) groups excluding carboxylic acids is 1. The van der Waals surface area contributed by atoms with Crippen molar-refractivity contribution >= 4 is 5.91 Å². The second kappa shape index (κ2) is 9.40. The van der Waals surface area contributed by atoms with Gasteiger partial charge in [-0.25, -0.2) is 14.4 Å². The molecule has 6 heteroatoms. The Kier molecular flexibility index (Phi) is 6.56. The molecule has 0 spiro atoms. The van der Waals surface area contributed by atoms with Gasteiger partial charge in [-0.2, -0.15) is 0 Å². The Morgan fingerprint density at radius 1 is 1.09 bits per heavy atom. The van der Waals surface area contributed by atoms with E-state index in [1.165, 1.54) is 17.7 Å². The summed E-state index contributed by atoms with van der Waals surface area (Å²) in [7, 11) is 3.48. The molecule has 1 aliphatic rings. The van der Waals surface area contributed by atoms with Gasteiger partial charge in [-0.05, 0) is 67.3 Å². The molecule has 0 aliphatic carbocycles. The van der Waals surface area contributed by atoms with Gasteiger partial charge in [0.2, 0.25) is 0 Å². The predicted octanol–water partition coefficient (Wildman–Crippen LogP) is 4.85. The highest BCUT2D eigenvalue weighted by atomic mass is 19.1. The van der Waals surface area contributed by atoms with Crippen LogP contribution in [0.25, 0.3) is 11.1 Å². The van der Waals surface area contributed by atoms with Gasteiger partial charge in [0.1, 0.15) is 17.3 Å². The standard InChI is InChI=1S/C27H31FN4O/c1-19-15-24(25(33)31(3)4)30-26(29-19)27(2)13-6-14-32(18-27)17-20-7-5-8-22(16-20)21-9-11-23(28)12-10-21/h5,7-12,15-16H,6,13-14,17-18H2,1-4H3/t27-/m1/s1. The molecule has 2 aromatic carbocycles. The predicted molar refractivity (Wildman–Crippen MR) is 128 cm³/mol. The molecule has 0 saturated carbocycles. The van der Waals surface area contributed by atoms with E-state index in [1.54, 1.807) is 25.1 Å². The molecule has 1 aliphatic heterocycles. The minimum Gasteiger partial charge on any atom is -0.343 e. The highest BCUT2D eigenvalue weighted by molar-refractivity contribution is 5.92. The molecular formula is C27H31FN4O. The number of aryl methyl sites for hydroxylation is 1. The van der Waals surface area contributed by atoms with E-state index < -0.39 is 0 Å². The minimum atomic E-state index is -0.226. The van der Waals surface area contributed by atoms with Crippen molar-refractivity contribution in [2.45, 2.75) is 38.6 Å². The van der Waals surface area contributed by atoms with Gasteiger partial charge in [-0.15, -0.1) is 0 Å². The third kappa shape index (κ3) is 5.28. The van der Waals surface area contributed by atoms with Crippen LogP contribution in [0.1, 0.15) is 47.3 Å². The zero-order valence-electron chi connectivity index (χ0n) is 19.8. The quantitative estimate of drug-likeness (QED) is 0.562. The Labute approximate surface area is 195 Å². The van der Waals surface area contributed by atoms with Crippen LogP contribution in [0.2, 0.25) is 0 Å². The molecule has 4 rings (SSSR count). The van der Waals surface area contributed by atoms with Crippen LogP contribution in [0.4, 0.5) is 4.39 Å². The monoisotopic (exact) mass is 446 g/mol. The average molecular weight is 447 g/mol. The van der Waals surface area contributed by atoms with E-state index in [4.69, 9.17) is 9.97 Å². The summed E-state index contributed by atoms with van der Waals surface area (Å²) < 4.78 is 13.3. The Morgan fingerprint density at radius 2 is 1.85 bits per heavy atom. The van der Waals surface area contributed by atoms with Crippen molar-refractivity contribution in [1.82, 2.24) is 19.8 Å². The molecule has 1 fully saturated rings. The molecule has 3 aromatic rings. The first kappa shape index (κ1) is 23.1. The average Bonchev–Trinajstić information content (AvgIpc) is 2.79. The lowest BCUT2D eigenvalue weighted by Crippen LogP contribution is -2.45. The van der Waals surface area contributed by atoms with Gasteiger partial charge >= 0.3 is 0 Å². The van der Waals surface area contributed by atoms with Crippen molar-refractivity contribution in [2.75, 3.05) is 27.2 Å². The van der Waals surface area contributed by atoms with Gasteiger partial charge in [0.25, 0.3) is 5.91 Å². The van der Waals surface area contributed by atoms with Crippen LogP contribution in [-0.4, -0.2) is 52.9 Å². The largest absolute Gasteiger partial charge is 0.343 e. The van der Waals surface area contributed by atoms with Gasteiger partial charge in [0.05, 0.1) is 0 Å². The van der Waals surface area contributed by atoms with Crippen LogP contribution in [-0.2, 0) is 12.0 Å². The fourth-order valence-corrected chi connectivity index (χ4v) is 4.59. The fraction of sp³-hybridized carbons (Fsp3) is 0.370. The number of likely N-dealkylation sites (tertiary alicyclic amines) is 1. The highest BCUT2D eigenvalue weighted by Gasteiger charge is 2.36. The van der Waals surface area contributed by atoms with Gasteiger partial charge in [0, 0.05) is 38.3 Å². The van der Waals surface area contributed by atoms with E-state index in [2.05, 4.69) is 36.1 Å². The first-order valence-electron chi connectivity index (χ1n) is 11.4. The molecule has 1 aromatic heterocycles. The van der Waals surface area contributed by atoms with Crippen molar-refractivity contribution in [1.29, 1.82) is 0 Å². The number of hydrogen-bond donors (Lipinski definition) is 0. The molecule has 1 amide bonds. The minimum absolute atomic E-state index is 0.101. The maximum atomic E-state index is 13.3. The summed E-state index contributed by atoms with van der Waals surface area (Å²) in [6, 6.07) is 16.8. The summed E-state index contributed by atoms with van der Waals surface area (Å²) in [4.78, 5) is 25.9. The first-order valence-corrected chi connectivity index (χ1v) is 11.4. The lowest BCUT2D eigenvalue weighted by molar-refractivity contribution is 0.0820. The Balaban J connectivity index is 1.54. The zero-order chi connectivity index (χ0) is 23.6. The van der Waals surface area contributed by atoms with E-state index in [1.807, 2.05) is 19.1 Å². The lowest BCUT2D eigenvalue weighted by Gasteiger charge is -2.39. The highest BCUT2D eigenvalue weighted by Crippen LogP contribution is 2.33. The van der Waals surface area contributed by atoms with Crippen molar-refractivity contribution in [2.24, 2.45) is 0 Å². The molecule has 1 saturated heterocycles. The molecule has 5 nitrogen and oxygen atoms in total. The van der Waals surface area contributed by atoms with Crippen molar-refractivity contribution in [3.8, 4) is 11.1 Å². The maximum Gasteiger partial charge on any atom is 0.272 e. The van der Waals surface area contributed by atoms with E-state index in [-0.39, 0.29) is 17.1 Å². The molecule has 0 unspecified atom stereocenters. The number of aromatic nitrogens is 2. The summed E-state index contributed by atoms with van der Waals surface area (Å²) in [5.74, 6) is 0.421. The van der Waals surface area contributed by atoms with Gasteiger partial charge in [-0.1, -0.05) is 37.3 Å². The van der Waals surface area contributed by atoms with Gasteiger partial charge < -0.3 is 4.90 Å². The third-order valence-corrected chi connectivity index (χ3v) is 6.31. The molecule has 0 N–H and O–H groups in total. The summed E-state index contributed by atoms with van der Waals surface area (Å²) in [5.41, 5.74) is 4.35. The normalized spacial score (nSPS) is 18.8. The number of amides is 1. The molecule has 1 atom stereocenters. The number of benzene rings is 2. The van der Waals surface area contributed by atoms with E-state index in [0.29, 0.717) is 5.69 Å². The van der Waals surface area contributed by atoms with Gasteiger partial charge in [0.15, 0.2) is 0 Å². The smallest absolute Gasteiger partial charge is 0.272 e. The van der Waals surface area contributed by atoms with Crippen LogP contribution in [0, 0.1) is 12.7 Å². The van der Waals surface area contributed by atoms with Gasteiger partial charge in [-0.3, -0.25) is 9.69 Å². The van der Waals surface area contributed by atoms with Crippen molar-refractivity contribution in [3.05, 3.63) is 83.2 Å². The Morgan fingerprint density at radius 3 is 2.58 bits per heavy atom. The second-order valence-electron chi connectivity index (χ2n) is 9.50. The van der Waals surface area contributed by atoms with Crippen LogP contribution in [0.5, 0.6) is 0 Å². The van der Waals surface area contributed by atoms with E-state index >= 15 is 0 Å². The number of piperidine rings is 1. The molecule has 0 radical (unpaired) electrons. The Hall–Kier alpha value is -3.12. The first-order chi connectivity index (χ1) is 15.7. The fourth-order valence-electron chi connectivity index (χ4n) is 4.59. The summed E-state index contributed by atoms with van der Waals surface area (Å²) in [5, 5.41) is 0. The van der Waals surface area contributed by atoms with Crippen LogP contribution in [0.3, 0.4) is 0 Å². The van der Waals surface area contributed by atoms with Crippen LogP contribution in [0.15, 0.2) is 54.6 Å². The summed E-state index contributed by atoms with van der Waals surface area (Å²) >= 11 is 0. The van der Waals surface area contributed by atoms with Crippen LogP contribution < -0.4 is 0 Å². The van der Waals surface area contributed by atoms with Crippen molar-refractivity contribution < 1.29 is 9.18 Å². The van der Waals surface area contributed by atoms with Crippen LogP contribution >= 0.6 is 0 Å². The zero-order valence-corrected chi connectivity index (χ0v) is 19.8. The number of hydrogen-bond acceptors (Lipinski definition) is 4. The van der Waals surface area contributed by atoms with E-state index in [9.17, 15) is 9.18 Å². The topological polar surface area (TPSA) is 49.3 Å². The number of halogens is 1. The summed E-state index contributed by atoms with van der Waals surface area (Å²) in [6.07, 6.45) is 2.03. The Bertz CT molecular complexity index is 1150. The molecule has 33 heavy (non-hydrogen) atoms. The molecular weight excluding hydrogens is 415 g/mol. The second-order valence-corrected chi connectivity index (χ2v) is 9.50. The number of carbonyl (C=O) groups is 1. The molecule has 172 valence electrons. The maximum absolute atomic E-state index is 13.3. The van der Waals surface area contributed by atoms with E-state index in [0.717, 1.165) is 55.1 Å². The summed E-state index contributed by atoms with van der Waals surface area (Å²) in [6.45, 7) is 6.77. The van der Waals surface area contributed by atoms with Crippen molar-refractivity contribution in [3.63, 3.8) is 0 Å².